The molecule has 0 saturated heterocycles. The largest absolute Gasteiger partial charge is 0.477 e. The molecule has 9 nitrogen and oxygen atoms in total. The van der Waals surface area contributed by atoms with Crippen LogP contribution in [0.15, 0.2) is 54.7 Å². The summed E-state index contributed by atoms with van der Waals surface area (Å²) >= 11 is 0. The number of carboxylic acids is 1. The van der Waals surface area contributed by atoms with Crippen LogP contribution in [0, 0.1) is 5.92 Å². The number of aryl methyl sites for hydroxylation is 1. The van der Waals surface area contributed by atoms with Gasteiger partial charge in [0.2, 0.25) is 5.91 Å². The molecule has 0 aliphatic heterocycles. The molecule has 2 aromatic carbocycles. The van der Waals surface area contributed by atoms with Gasteiger partial charge in [-0.1, -0.05) is 55.5 Å². The number of anilines is 1. The maximum Gasteiger partial charge on any atom is 0.407 e. The number of hydrogen-bond acceptors (Lipinski definition) is 5. The number of nitrogens with zero attached hydrogens (tertiary/aromatic N) is 2. The molecule has 1 aliphatic carbocycles. The van der Waals surface area contributed by atoms with Gasteiger partial charge in [-0.15, -0.1) is 0 Å². The lowest BCUT2D eigenvalue weighted by molar-refractivity contribution is -0.119. The summed E-state index contributed by atoms with van der Waals surface area (Å²) in [6.07, 6.45) is 1.00. The summed E-state index contributed by atoms with van der Waals surface area (Å²) in [6.45, 7) is 2.05. The topological polar surface area (TPSA) is 123 Å². The zero-order chi connectivity index (χ0) is 24.2. The van der Waals surface area contributed by atoms with E-state index in [2.05, 4.69) is 27.9 Å². The minimum atomic E-state index is -1.19. The van der Waals surface area contributed by atoms with Gasteiger partial charge in [-0.05, 0) is 28.7 Å². The quantitative estimate of drug-likeness (QED) is 0.470. The van der Waals surface area contributed by atoms with Crippen molar-refractivity contribution in [1.82, 2.24) is 15.1 Å². The standard InChI is InChI=1S/C25H26N4O5/c1-3-15(23(30)28-22-20(24(31)32)13-27-29(22)2)12-26-25(33)34-14-21-18-10-6-4-8-16(18)17-9-5-7-11-19(17)21/h4-11,13,15,21H,3,12,14H2,1-2H3,(H,26,33)(H,28,30)(H,31,32). The first-order valence-corrected chi connectivity index (χ1v) is 11.1. The Bertz CT molecular complexity index is 1190. The zero-order valence-electron chi connectivity index (χ0n) is 18.9. The fourth-order valence-corrected chi connectivity index (χ4v) is 4.24. The van der Waals surface area contributed by atoms with Gasteiger partial charge in [-0.3, -0.25) is 9.48 Å². The minimum absolute atomic E-state index is 0.0531. The molecule has 0 saturated carbocycles. The van der Waals surface area contributed by atoms with Gasteiger partial charge >= 0.3 is 12.1 Å². The molecular weight excluding hydrogens is 436 g/mol. The molecule has 3 aromatic rings. The number of nitrogens with one attached hydrogen (secondary N) is 2. The first-order chi connectivity index (χ1) is 16.4. The van der Waals surface area contributed by atoms with Crippen LogP contribution in [0.4, 0.5) is 10.6 Å². The lowest BCUT2D eigenvalue weighted by Gasteiger charge is -2.18. The first-order valence-electron chi connectivity index (χ1n) is 11.1. The average Bonchev–Trinajstić information content (AvgIpc) is 3.36. The summed E-state index contributed by atoms with van der Waals surface area (Å²) in [5.74, 6) is -2.13. The van der Waals surface area contributed by atoms with Gasteiger partial charge in [0.1, 0.15) is 18.0 Å². The zero-order valence-corrected chi connectivity index (χ0v) is 18.9. The predicted octanol–water partition coefficient (Wildman–Crippen LogP) is 3.62. The summed E-state index contributed by atoms with van der Waals surface area (Å²) < 4.78 is 6.80. The monoisotopic (exact) mass is 462 g/mol. The van der Waals surface area contributed by atoms with Crippen molar-refractivity contribution in [2.75, 3.05) is 18.5 Å². The molecule has 0 spiro atoms. The van der Waals surface area contributed by atoms with Gasteiger partial charge in [0.25, 0.3) is 0 Å². The van der Waals surface area contributed by atoms with Crippen LogP contribution in [0.1, 0.15) is 40.7 Å². The van der Waals surface area contributed by atoms with Crippen molar-refractivity contribution in [3.63, 3.8) is 0 Å². The molecule has 4 rings (SSSR count). The molecule has 1 aliphatic rings. The van der Waals surface area contributed by atoms with E-state index in [0.29, 0.717) is 6.42 Å². The Hall–Kier alpha value is -4.14. The molecule has 0 bridgehead atoms. The minimum Gasteiger partial charge on any atom is -0.477 e. The number of carboxylic acid groups (broad SMARTS) is 1. The molecule has 0 fully saturated rings. The number of carbonyl (C=O) groups is 3. The normalized spacial score (nSPS) is 13.0. The Morgan fingerprint density at radius 2 is 1.71 bits per heavy atom. The molecule has 1 unspecified atom stereocenters. The second-order valence-corrected chi connectivity index (χ2v) is 8.14. The van der Waals surface area contributed by atoms with Crippen molar-refractivity contribution < 1.29 is 24.2 Å². The van der Waals surface area contributed by atoms with Crippen LogP contribution in [0.25, 0.3) is 11.1 Å². The Morgan fingerprint density at radius 1 is 1.09 bits per heavy atom. The average molecular weight is 463 g/mol. The van der Waals surface area contributed by atoms with Crippen molar-refractivity contribution in [2.45, 2.75) is 19.3 Å². The van der Waals surface area contributed by atoms with Gasteiger partial charge in [0.05, 0.1) is 12.1 Å². The highest BCUT2D eigenvalue weighted by atomic mass is 16.5. The number of alkyl carbamates (subject to hydrolysis) is 1. The molecule has 3 N–H and O–H groups in total. The highest BCUT2D eigenvalue weighted by Crippen LogP contribution is 2.44. The summed E-state index contributed by atoms with van der Waals surface area (Å²) in [4.78, 5) is 36.4. The van der Waals surface area contributed by atoms with Crippen LogP contribution < -0.4 is 10.6 Å². The molecule has 34 heavy (non-hydrogen) atoms. The first kappa shape index (κ1) is 23.0. The maximum absolute atomic E-state index is 12.7. The number of rotatable bonds is 8. The summed E-state index contributed by atoms with van der Waals surface area (Å²) in [5, 5.41) is 18.4. The third-order valence-electron chi connectivity index (χ3n) is 6.11. The van der Waals surface area contributed by atoms with Crippen molar-refractivity contribution >= 4 is 23.8 Å². The Labute approximate surface area is 196 Å². The van der Waals surface area contributed by atoms with Crippen molar-refractivity contribution in [2.24, 2.45) is 13.0 Å². The Balaban J connectivity index is 1.34. The number of benzene rings is 2. The number of aromatic carboxylic acids is 1. The van der Waals surface area contributed by atoms with Crippen LogP contribution in [0.3, 0.4) is 0 Å². The van der Waals surface area contributed by atoms with E-state index in [1.807, 2.05) is 43.3 Å². The van der Waals surface area contributed by atoms with Crippen LogP contribution in [-0.4, -0.2) is 46.0 Å². The SMILES string of the molecule is CCC(CNC(=O)OCC1c2ccccc2-c2ccccc21)C(=O)Nc1c(C(=O)O)cnn1C. The van der Waals surface area contributed by atoms with Crippen molar-refractivity contribution in [3.05, 3.63) is 71.4 Å². The van der Waals surface area contributed by atoms with E-state index < -0.39 is 23.9 Å². The molecule has 1 heterocycles. The molecule has 176 valence electrons. The molecular formula is C25H26N4O5. The smallest absolute Gasteiger partial charge is 0.407 e. The van der Waals surface area contributed by atoms with Crippen molar-refractivity contribution in [1.29, 1.82) is 0 Å². The molecule has 9 heteroatoms. The number of fused-ring (bicyclic) bond motifs is 3. The van der Waals surface area contributed by atoms with Gasteiger partial charge < -0.3 is 20.5 Å². The van der Waals surface area contributed by atoms with E-state index in [0.717, 1.165) is 22.3 Å². The Kier molecular flexibility index (Phi) is 6.62. The number of carbonyl (C=O) groups excluding carboxylic acids is 2. The highest BCUT2D eigenvalue weighted by molar-refractivity contribution is 6.00. The van der Waals surface area contributed by atoms with Crippen LogP contribution >= 0.6 is 0 Å². The number of hydrogen-bond donors (Lipinski definition) is 3. The molecule has 0 radical (unpaired) electrons. The molecule has 2 amide bonds. The van der Waals surface area contributed by atoms with E-state index in [1.54, 1.807) is 0 Å². The number of amides is 2. The van der Waals surface area contributed by atoms with Crippen LogP contribution in [-0.2, 0) is 16.6 Å². The Morgan fingerprint density at radius 3 is 2.29 bits per heavy atom. The number of ether oxygens (including phenoxy) is 1. The van der Waals surface area contributed by atoms with Gasteiger partial charge in [0, 0.05) is 19.5 Å². The van der Waals surface area contributed by atoms with Crippen LogP contribution in [0.2, 0.25) is 0 Å². The van der Waals surface area contributed by atoms with Gasteiger partial charge in [-0.2, -0.15) is 5.10 Å². The van der Waals surface area contributed by atoms with Gasteiger partial charge in [0.15, 0.2) is 0 Å². The summed E-state index contributed by atoms with van der Waals surface area (Å²) in [6, 6.07) is 16.2. The van der Waals surface area contributed by atoms with E-state index in [1.165, 1.54) is 17.9 Å². The van der Waals surface area contributed by atoms with E-state index >= 15 is 0 Å². The fourth-order valence-electron chi connectivity index (χ4n) is 4.24. The van der Waals surface area contributed by atoms with E-state index in [-0.39, 0.29) is 30.5 Å². The lowest BCUT2D eigenvalue weighted by Crippen LogP contribution is -2.36. The maximum atomic E-state index is 12.7. The third-order valence-corrected chi connectivity index (χ3v) is 6.11. The molecule has 1 atom stereocenters. The molecule has 1 aromatic heterocycles. The summed E-state index contributed by atoms with van der Waals surface area (Å²) in [5.41, 5.74) is 4.42. The lowest BCUT2D eigenvalue weighted by atomic mass is 9.98. The van der Waals surface area contributed by atoms with Crippen molar-refractivity contribution in [3.8, 4) is 11.1 Å². The predicted molar refractivity (Wildman–Crippen MR) is 126 cm³/mol. The fraction of sp³-hybridized carbons (Fsp3) is 0.280. The van der Waals surface area contributed by atoms with Gasteiger partial charge in [-0.25, -0.2) is 9.59 Å². The third kappa shape index (κ3) is 4.50. The second kappa shape index (κ2) is 9.78. The second-order valence-electron chi connectivity index (χ2n) is 8.14. The van der Waals surface area contributed by atoms with E-state index in [4.69, 9.17) is 4.74 Å². The van der Waals surface area contributed by atoms with Crippen LogP contribution in [0.5, 0.6) is 0 Å². The summed E-state index contributed by atoms with van der Waals surface area (Å²) in [7, 11) is 1.54. The number of aromatic nitrogens is 2. The van der Waals surface area contributed by atoms with E-state index in [9.17, 15) is 19.5 Å². The highest BCUT2D eigenvalue weighted by Gasteiger charge is 2.29.